The predicted octanol–water partition coefficient (Wildman–Crippen LogP) is 1.36. The first kappa shape index (κ1) is 12.2. The van der Waals surface area contributed by atoms with E-state index in [0.29, 0.717) is 6.54 Å². The Hall–Kier alpha value is -2.30. The van der Waals surface area contributed by atoms with Gasteiger partial charge >= 0.3 is 6.03 Å². The zero-order chi connectivity index (χ0) is 12.8. The molecule has 0 saturated heterocycles. The van der Waals surface area contributed by atoms with Crippen LogP contribution in [-0.4, -0.2) is 22.9 Å². The number of nitrogens with one attached hydrogen (secondary N) is 2. The van der Waals surface area contributed by atoms with E-state index in [1.807, 2.05) is 29.1 Å². The number of urea groups is 1. The van der Waals surface area contributed by atoms with Crippen molar-refractivity contribution < 1.29 is 4.79 Å². The molecule has 0 aliphatic carbocycles. The molecule has 0 saturated carbocycles. The molecular formula is C13H16N4O. The van der Waals surface area contributed by atoms with Gasteiger partial charge in [-0.25, -0.2) is 4.79 Å². The molecule has 5 heteroatoms. The first-order valence-electron chi connectivity index (χ1n) is 5.79. The number of rotatable bonds is 4. The molecule has 18 heavy (non-hydrogen) atoms. The molecule has 0 bridgehead atoms. The Morgan fingerprint density at radius 1 is 1.28 bits per heavy atom. The Bertz CT molecular complexity index is 507. The Morgan fingerprint density at radius 2 is 2.06 bits per heavy atom. The summed E-state index contributed by atoms with van der Waals surface area (Å²) in [6.45, 7) is 1.22. The molecule has 5 nitrogen and oxygen atoms in total. The molecule has 2 N–H and O–H groups in total. The first-order valence-corrected chi connectivity index (χ1v) is 5.79. The molecule has 0 aliphatic heterocycles. The molecule has 0 unspecified atom stereocenters. The van der Waals surface area contributed by atoms with Crippen molar-refractivity contribution in [1.29, 1.82) is 0 Å². The van der Waals surface area contributed by atoms with Crippen molar-refractivity contribution in [3.05, 3.63) is 53.9 Å². The van der Waals surface area contributed by atoms with Gasteiger partial charge in [0, 0.05) is 25.4 Å². The molecule has 1 heterocycles. The van der Waals surface area contributed by atoms with Gasteiger partial charge in [0.1, 0.15) is 0 Å². The van der Waals surface area contributed by atoms with Crippen molar-refractivity contribution in [2.75, 3.05) is 7.05 Å². The van der Waals surface area contributed by atoms with Crippen LogP contribution in [0.3, 0.4) is 0 Å². The van der Waals surface area contributed by atoms with Gasteiger partial charge in [-0.05, 0) is 5.56 Å². The summed E-state index contributed by atoms with van der Waals surface area (Å²) in [6.07, 6.45) is 3.70. The molecule has 0 fully saturated rings. The zero-order valence-corrected chi connectivity index (χ0v) is 10.3. The van der Waals surface area contributed by atoms with Gasteiger partial charge in [0.25, 0.3) is 0 Å². The van der Waals surface area contributed by atoms with E-state index in [4.69, 9.17) is 0 Å². The number of hydrogen-bond acceptors (Lipinski definition) is 2. The average Bonchev–Trinajstić information content (AvgIpc) is 2.85. The van der Waals surface area contributed by atoms with Crippen molar-refractivity contribution in [2.24, 2.45) is 0 Å². The lowest BCUT2D eigenvalue weighted by molar-refractivity contribution is 0.242. The molecule has 0 aliphatic rings. The fraction of sp³-hybridized carbons (Fsp3) is 0.231. The second kappa shape index (κ2) is 5.86. The van der Waals surface area contributed by atoms with Crippen LogP contribution in [0.1, 0.15) is 11.1 Å². The summed E-state index contributed by atoms with van der Waals surface area (Å²) in [4.78, 5) is 11.0. The number of aromatic nitrogens is 2. The smallest absolute Gasteiger partial charge is 0.314 e. The van der Waals surface area contributed by atoms with Crippen LogP contribution < -0.4 is 10.6 Å². The van der Waals surface area contributed by atoms with E-state index in [1.54, 1.807) is 13.2 Å². The summed E-state index contributed by atoms with van der Waals surface area (Å²) in [6, 6.07) is 9.94. The van der Waals surface area contributed by atoms with E-state index in [1.165, 1.54) is 5.56 Å². The lowest BCUT2D eigenvalue weighted by atomic mass is 10.2. The first-order chi connectivity index (χ1) is 8.78. The van der Waals surface area contributed by atoms with E-state index in [-0.39, 0.29) is 6.03 Å². The summed E-state index contributed by atoms with van der Waals surface area (Å²) >= 11 is 0. The predicted molar refractivity (Wildman–Crippen MR) is 69.1 cm³/mol. The fourth-order valence-electron chi connectivity index (χ4n) is 1.63. The van der Waals surface area contributed by atoms with Crippen LogP contribution in [0.4, 0.5) is 4.79 Å². The highest BCUT2D eigenvalue weighted by Gasteiger charge is 2.01. The van der Waals surface area contributed by atoms with Gasteiger partial charge in [-0.1, -0.05) is 30.3 Å². The Balaban J connectivity index is 1.92. The lowest BCUT2D eigenvalue weighted by Crippen LogP contribution is -2.31. The van der Waals surface area contributed by atoms with Crippen molar-refractivity contribution in [2.45, 2.75) is 13.1 Å². The summed E-state index contributed by atoms with van der Waals surface area (Å²) in [5.74, 6) is 0. The van der Waals surface area contributed by atoms with Crippen LogP contribution in [0.2, 0.25) is 0 Å². The third kappa shape index (κ3) is 3.35. The molecule has 2 aromatic rings. The second-order valence-corrected chi connectivity index (χ2v) is 3.96. The molecule has 2 rings (SSSR count). The normalized spacial score (nSPS) is 10.1. The van der Waals surface area contributed by atoms with Gasteiger partial charge in [0.05, 0.1) is 12.7 Å². The summed E-state index contributed by atoms with van der Waals surface area (Å²) in [7, 11) is 1.59. The number of carbonyl (C=O) groups is 1. The molecule has 1 aromatic carbocycles. The van der Waals surface area contributed by atoms with Gasteiger partial charge in [-0.3, -0.25) is 4.68 Å². The maximum atomic E-state index is 11.0. The highest BCUT2D eigenvalue weighted by molar-refractivity contribution is 5.73. The minimum Gasteiger partial charge on any atom is -0.341 e. The van der Waals surface area contributed by atoms with E-state index in [0.717, 1.165) is 12.1 Å². The molecule has 0 atom stereocenters. The molecule has 1 aromatic heterocycles. The lowest BCUT2D eigenvalue weighted by Gasteiger charge is -2.02. The van der Waals surface area contributed by atoms with Gasteiger partial charge in [0.2, 0.25) is 0 Å². The highest BCUT2D eigenvalue weighted by atomic mass is 16.2. The average molecular weight is 244 g/mol. The summed E-state index contributed by atoms with van der Waals surface area (Å²) < 4.78 is 1.86. The number of hydrogen-bond donors (Lipinski definition) is 2. The van der Waals surface area contributed by atoms with Crippen LogP contribution in [0, 0.1) is 0 Å². The maximum absolute atomic E-state index is 11.0. The number of carbonyl (C=O) groups excluding carboxylic acids is 1. The van der Waals surface area contributed by atoms with Gasteiger partial charge in [-0.2, -0.15) is 5.10 Å². The van der Waals surface area contributed by atoms with Crippen LogP contribution in [0.15, 0.2) is 42.7 Å². The van der Waals surface area contributed by atoms with Gasteiger partial charge in [0.15, 0.2) is 0 Å². The maximum Gasteiger partial charge on any atom is 0.314 e. The van der Waals surface area contributed by atoms with E-state index in [2.05, 4.69) is 27.9 Å². The van der Waals surface area contributed by atoms with E-state index < -0.39 is 0 Å². The van der Waals surface area contributed by atoms with Crippen molar-refractivity contribution >= 4 is 6.03 Å². The molecule has 0 spiro atoms. The Morgan fingerprint density at radius 3 is 2.78 bits per heavy atom. The van der Waals surface area contributed by atoms with Crippen molar-refractivity contribution in [1.82, 2.24) is 20.4 Å². The second-order valence-electron chi connectivity index (χ2n) is 3.96. The minimum absolute atomic E-state index is 0.189. The van der Waals surface area contributed by atoms with Crippen molar-refractivity contribution in [3.8, 4) is 0 Å². The highest BCUT2D eigenvalue weighted by Crippen LogP contribution is 2.03. The molecule has 0 radical (unpaired) electrons. The minimum atomic E-state index is -0.189. The number of nitrogens with zero attached hydrogens (tertiary/aromatic N) is 2. The largest absolute Gasteiger partial charge is 0.341 e. The molecule has 2 amide bonds. The number of amides is 2. The SMILES string of the molecule is CNC(=O)NCc1cnn(Cc2ccccc2)c1. The quantitative estimate of drug-likeness (QED) is 0.853. The topological polar surface area (TPSA) is 59.0 Å². The third-order valence-electron chi connectivity index (χ3n) is 2.55. The molecule has 94 valence electrons. The fourth-order valence-corrected chi connectivity index (χ4v) is 1.63. The van der Waals surface area contributed by atoms with Crippen LogP contribution in [-0.2, 0) is 13.1 Å². The van der Waals surface area contributed by atoms with Crippen LogP contribution in [0.5, 0.6) is 0 Å². The van der Waals surface area contributed by atoms with E-state index >= 15 is 0 Å². The monoisotopic (exact) mass is 244 g/mol. The van der Waals surface area contributed by atoms with Crippen molar-refractivity contribution in [3.63, 3.8) is 0 Å². The molecular weight excluding hydrogens is 228 g/mol. The van der Waals surface area contributed by atoms with E-state index in [9.17, 15) is 4.79 Å². The third-order valence-corrected chi connectivity index (χ3v) is 2.55. The van der Waals surface area contributed by atoms with Gasteiger partial charge in [-0.15, -0.1) is 0 Å². The van der Waals surface area contributed by atoms with Gasteiger partial charge < -0.3 is 10.6 Å². The van der Waals surface area contributed by atoms with Crippen LogP contribution >= 0.6 is 0 Å². The summed E-state index contributed by atoms with van der Waals surface area (Å²) in [5.41, 5.74) is 2.18. The standard InChI is InChI=1S/C13H16N4O/c1-14-13(18)15-7-12-8-16-17(10-12)9-11-5-3-2-4-6-11/h2-6,8,10H,7,9H2,1H3,(H2,14,15,18). The van der Waals surface area contributed by atoms with Crippen LogP contribution in [0.25, 0.3) is 0 Å². The Kier molecular flexibility index (Phi) is 3.96. The number of benzene rings is 1. The summed E-state index contributed by atoms with van der Waals surface area (Å²) in [5, 5.41) is 9.49. The zero-order valence-electron chi connectivity index (χ0n) is 10.3. The Labute approximate surface area is 106 Å².